The topological polar surface area (TPSA) is 45.7 Å². The van der Waals surface area contributed by atoms with Gasteiger partial charge in [-0.2, -0.15) is 0 Å². The van der Waals surface area contributed by atoms with E-state index < -0.39 is 0 Å². The molecule has 4 rings (SSSR count). The number of hydrogen-bond acceptors (Lipinski definition) is 4. The van der Waals surface area contributed by atoms with E-state index in [1.807, 2.05) is 49.3 Å². The van der Waals surface area contributed by atoms with E-state index in [1.54, 1.807) is 18.3 Å². The lowest BCUT2D eigenvalue weighted by Gasteiger charge is -2.32. The third-order valence-corrected chi connectivity index (χ3v) is 5.60. The molecule has 2 heterocycles. The van der Waals surface area contributed by atoms with E-state index >= 15 is 0 Å². The molecule has 0 atom stereocenters. The summed E-state index contributed by atoms with van der Waals surface area (Å²) in [4.78, 5) is 21.2. The van der Waals surface area contributed by atoms with Gasteiger partial charge in [0.25, 0.3) is 5.91 Å². The first kappa shape index (κ1) is 20.0. The number of aromatic nitrogens is 1. The summed E-state index contributed by atoms with van der Waals surface area (Å²) in [5.41, 5.74) is 3.02. The summed E-state index contributed by atoms with van der Waals surface area (Å²) in [6.45, 7) is 1.51. The Morgan fingerprint density at radius 1 is 0.933 bits per heavy atom. The predicted octanol–water partition coefficient (Wildman–Crippen LogP) is 4.96. The van der Waals surface area contributed by atoms with Gasteiger partial charge in [0.15, 0.2) is 0 Å². The minimum atomic E-state index is -0.0114. The third-order valence-electron chi connectivity index (χ3n) is 5.60. The van der Waals surface area contributed by atoms with Crippen LogP contribution in [-0.4, -0.2) is 43.0 Å². The highest BCUT2D eigenvalue weighted by Gasteiger charge is 2.25. The first-order valence-electron chi connectivity index (χ1n) is 10.4. The van der Waals surface area contributed by atoms with Crippen molar-refractivity contribution in [2.24, 2.45) is 0 Å². The molecule has 1 amide bonds. The average Bonchev–Trinajstić information content (AvgIpc) is 2.80. The second-order valence-electron chi connectivity index (χ2n) is 7.85. The van der Waals surface area contributed by atoms with E-state index in [9.17, 15) is 4.79 Å². The van der Waals surface area contributed by atoms with Gasteiger partial charge in [0.2, 0.25) is 0 Å². The van der Waals surface area contributed by atoms with Crippen LogP contribution in [0.15, 0.2) is 72.9 Å². The van der Waals surface area contributed by atoms with Crippen molar-refractivity contribution in [3.63, 3.8) is 0 Å². The van der Waals surface area contributed by atoms with Gasteiger partial charge in [-0.15, -0.1) is 0 Å². The minimum absolute atomic E-state index is 0.0114. The number of carbonyl (C=O) groups is 1. The van der Waals surface area contributed by atoms with E-state index in [1.165, 1.54) is 11.3 Å². The normalized spacial score (nSPS) is 14.4. The van der Waals surface area contributed by atoms with Gasteiger partial charge >= 0.3 is 0 Å². The lowest BCUT2D eigenvalue weighted by atomic mass is 9.89. The quantitative estimate of drug-likeness (QED) is 0.606. The molecule has 0 bridgehead atoms. The molecule has 2 aromatic carbocycles. The number of para-hydroxylation sites is 1. The molecule has 1 aliphatic rings. The van der Waals surface area contributed by atoms with E-state index in [0.29, 0.717) is 17.4 Å². The summed E-state index contributed by atoms with van der Waals surface area (Å²) < 4.78 is 5.75. The van der Waals surface area contributed by atoms with Gasteiger partial charge in [-0.05, 0) is 60.7 Å². The zero-order valence-corrected chi connectivity index (χ0v) is 17.5. The Morgan fingerprint density at radius 3 is 2.23 bits per heavy atom. The number of anilines is 1. The Hall–Kier alpha value is -3.34. The van der Waals surface area contributed by atoms with Crippen molar-refractivity contribution < 1.29 is 9.53 Å². The monoisotopic (exact) mass is 401 g/mol. The zero-order valence-electron chi connectivity index (χ0n) is 17.5. The van der Waals surface area contributed by atoms with E-state index in [0.717, 1.165) is 31.7 Å². The SMILES string of the molecule is CN(C)c1ccc(C2CCN(C(=O)c3ccc(Oc4ccccc4)cn3)CC2)cc1. The Balaban J connectivity index is 1.33. The average molecular weight is 402 g/mol. The molecule has 0 radical (unpaired) electrons. The van der Waals surface area contributed by atoms with Gasteiger partial charge in [0.05, 0.1) is 6.20 Å². The van der Waals surface area contributed by atoms with E-state index in [-0.39, 0.29) is 5.91 Å². The van der Waals surface area contributed by atoms with Crippen molar-refractivity contribution in [3.05, 3.63) is 84.2 Å². The highest BCUT2D eigenvalue weighted by atomic mass is 16.5. The standard InChI is InChI=1S/C25H27N3O2/c1-27(2)21-10-8-19(9-11-21)20-14-16-28(17-15-20)25(29)24-13-12-23(18-26-24)30-22-6-4-3-5-7-22/h3-13,18,20H,14-17H2,1-2H3. The highest BCUT2D eigenvalue weighted by molar-refractivity contribution is 5.92. The zero-order chi connectivity index (χ0) is 20.9. The lowest BCUT2D eigenvalue weighted by Crippen LogP contribution is -2.38. The molecular formula is C25H27N3O2. The van der Waals surface area contributed by atoms with Crippen molar-refractivity contribution >= 4 is 11.6 Å². The Bertz CT molecular complexity index is 962. The van der Waals surface area contributed by atoms with Gasteiger partial charge in [-0.25, -0.2) is 4.98 Å². The minimum Gasteiger partial charge on any atom is -0.456 e. The molecule has 0 unspecified atom stereocenters. The number of likely N-dealkylation sites (tertiary alicyclic amines) is 1. The maximum Gasteiger partial charge on any atom is 0.272 e. The summed E-state index contributed by atoms with van der Waals surface area (Å²) in [7, 11) is 4.10. The largest absolute Gasteiger partial charge is 0.456 e. The molecule has 1 fully saturated rings. The molecule has 30 heavy (non-hydrogen) atoms. The summed E-state index contributed by atoms with van der Waals surface area (Å²) in [5.74, 6) is 1.86. The van der Waals surface area contributed by atoms with Gasteiger partial charge in [-0.3, -0.25) is 4.79 Å². The Kier molecular flexibility index (Phi) is 5.98. The number of pyridine rings is 1. The van der Waals surface area contributed by atoms with E-state index in [2.05, 4.69) is 34.1 Å². The van der Waals surface area contributed by atoms with Gasteiger partial charge in [-0.1, -0.05) is 30.3 Å². The number of carbonyl (C=O) groups excluding carboxylic acids is 1. The third kappa shape index (κ3) is 4.62. The maximum absolute atomic E-state index is 12.8. The van der Waals surface area contributed by atoms with Crippen LogP contribution in [0.2, 0.25) is 0 Å². The summed E-state index contributed by atoms with van der Waals surface area (Å²) in [6, 6.07) is 21.8. The van der Waals surface area contributed by atoms with Crippen molar-refractivity contribution in [2.45, 2.75) is 18.8 Å². The van der Waals surface area contributed by atoms with Crippen LogP contribution < -0.4 is 9.64 Å². The van der Waals surface area contributed by atoms with Crippen LogP contribution in [0.4, 0.5) is 5.69 Å². The highest BCUT2D eigenvalue weighted by Crippen LogP contribution is 2.30. The van der Waals surface area contributed by atoms with Crippen LogP contribution in [0.5, 0.6) is 11.5 Å². The number of amides is 1. The first-order valence-corrected chi connectivity index (χ1v) is 10.4. The maximum atomic E-state index is 12.8. The second-order valence-corrected chi connectivity index (χ2v) is 7.85. The molecule has 5 nitrogen and oxygen atoms in total. The molecule has 3 aromatic rings. The van der Waals surface area contributed by atoms with E-state index in [4.69, 9.17) is 4.74 Å². The number of nitrogens with zero attached hydrogens (tertiary/aromatic N) is 3. The molecule has 0 saturated carbocycles. The molecule has 1 aromatic heterocycles. The molecule has 0 spiro atoms. The number of rotatable bonds is 5. The van der Waals surface area contributed by atoms with Crippen molar-refractivity contribution in [1.82, 2.24) is 9.88 Å². The number of ether oxygens (including phenoxy) is 1. The van der Waals surface area contributed by atoms with Gasteiger partial charge < -0.3 is 14.5 Å². The van der Waals surface area contributed by atoms with Crippen molar-refractivity contribution in [1.29, 1.82) is 0 Å². The molecule has 1 aliphatic heterocycles. The van der Waals surface area contributed by atoms with Gasteiger partial charge in [0, 0.05) is 32.9 Å². The molecule has 154 valence electrons. The molecule has 5 heteroatoms. The van der Waals surface area contributed by atoms with Gasteiger partial charge in [0.1, 0.15) is 17.2 Å². The Morgan fingerprint density at radius 2 is 1.63 bits per heavy atom. The van der Waals surface area contributed by atoms with Crippen LogP contribution in [-0.2, 0) is 0 Å². The Labute approximate surface area is 177 Å². The predicted molar refractivity (Wildman–Crippen MR) is 119 cm³/mol. The second kappa shape index (κ2) is 8.99. The molecule has 1 saturated heterocycles. The fraction of sp³-hybridized carbons (Fsp3) is 0.280. The molecular weight excluding hydrogens is 374 g/mol. The van der Waals surface area contributed by atoms with Crippen molar-refractivity contribution in [2.75, 3.05) is 32.1 Å². The summed E-state index contributed by atoms with van der Waals surface area (Å²) in [5, 5.41) is 0. The smallest absolute Gasteiger partial charge is 0.272 e. The fourth-order valence-corrected chi connectivity index (χ4v) is 3.81. The number of benzene rings is 2. The first-order chi connectivity index (χ1) is 14.6. The van der Waals surface area contributed by atoms with Crippen LogP contribution in [0.25, 0.3) is 0 Å². The summed E-state index contributed by atoms with van der Waals surface area (Å²) >= 11 is 0. The summed E-state index contributed by atoms with van der Waals surface area (Å²) in [6.07, 6.45) is 3.56. The van der Waals surface area contributed by atoms with Crippen molar-refractivity contribution in [3.8, 4) is 11.5 Å². The van der Waals surface area contributed by atoms with Crippen LogP contribution in [0.1, 0.15) is 34.8 Å². The number of piperidine rings is 1. The van der Waals surface area contributed by atoms with Crippen LogP contribution >= 0.6 is 0 Å². The number of hydrogen-bond donors (Lipinski definition) is 0. The van der Waals surface area contributed by atoms with Crippen LogP contribution in [0, 0.1) is 0 Å². The lowest BCUT2D eigenvalue weighted by molar-refractivity contribution is 0.0707. The fourth-order valence-electron chi connectivity index (χ4n) is 3.81. The molecule has 0 N–H and O–H groups in total. The molecule has 0 aliphatic carbocycles. The van der Waals surface area contributed by atoms with Crippen LogP contribution in [0.3, 0.4) is 0 Å².